The number of nitrogens with one attached hydrogen (secondary N) is 2. The Morgan fingerprint density at radius 3 is 2.17 bits per heavy atom. The number of likely N-dealkylation sites (N-methyl/N-ethyl adjacent to an activating group) is 1. The molecule has 0 heterocycles. The highest BCUT2D eigenvalue weighted by atomic mass is 16.4. The van der Waals surface area contributed by atoms with Crippen molar-refractivity contribution in [3.63, 3.8) is 0 Å². The molecule has 0 aromatic heterocycles. The molecule has 2 amide bonds. The fourth-order valence-corrected chi connectivity index (χ4v) is 13.7. The second kappa shape index (κ2) is 11.3. The van der Waals surface area contributed by atoms with Crippen LogP contribution in [-0.4, -0.2) is 54.7 Å². The second-order valence-electron chi connectivity index (χ2n) is 19.3. The summed E-state index contributed by atoms with van der Waals surface area (Å²) >= 11 is 0. The zero-order valence-electron chi connectivity index (χ0n) is 31.2. The molecule has 1 aromatic rings. The number of amides is 2. The molecule has 0 radical (unpaired) electrons. The molecule has 9 atom stereocenters. The Morgan fingerprint density at radius 2 is 1.52 bits per heavy atom. The van der Waals surface area contributed by atoms with Crippen LogP contribution >= 0.6 is 0 Å². The number of aromatic carboxylic acids is 1. The standard InChI is InChI=1S/C42H63N3O3/c1-37(2)29(27-9-11-28(12-10-27)35(46)47)15-18-39(4)32(37)17-19-41(6)33(39)14-13-31-34-30(38(3)21-22-38)16-20-42(34,24-23-40(31,41)5)44-36(48)43-25-26-45(7)8/h9-12,15,30-34H,13-14,16-26H2,1-8H3,(H,46,47)(H2,43,44,48)/t30-,31-,32+,33-,34-,39+,40-,41-,42+/m1/s1. The van der Waals surface area contributed by atoms with E-state index in [1.165, 1.54) is 62.5 Å². The predicted molar refractivity (Wildman–Crippen MR) is 194 cm³/mol. The lowest BCUT2D eigenvalue weighted by Crippen LogP contribution is -2.69. The quantitative estimate of drug-likeness (QED) is 0.274. The van der Waals surface area contributed by atoms with E-state index < -0.39 is 5.97 Å². The van der Waals surface area contributed by atoms with Crippen LogP contribution < -0.4 is 10.6 Å². The maximum Gasteiger partial charge on any atom is 0.335 e. The molecule has 7 rings (SSSR count). The van der Waals surface area contributed by atoms with Crippen LogP contribution in [0.3, 0.4) is 0 Å². The van der Waals surface area contributed by atoms with Gasteiger partial charge in [-0.1, -0.05) is 59.8 Å². The minimum absolute atomic E-state index is 0.0134. The van der Waals surface area contributed by atoms with Gasteiger partial charge in [0.2, 0.25) is 0 Å². The molecule has 0 bridgehead atoms. The van der Waals surface area contributed by atoms with Gasteiger partial charge in [-0.25, -0.2) is 9.59 Å². The van der Waals surface area contributed by atoms with E-state index >= 15 is 0 Å². The zero-order valence-corrected chi connectivity index (χ0v) is 31.2. The van der Waals surface area contributed by atoms with E-state index in [1.54, 1.807) is 12.1 Å². The van der Waals surface area contributed by atoms with Gasteiger partial charge in [-0.05, 0) is 165 Å². The Labute approximate surface area is 290 Å². The summed E-state index contributed by atoms with van der Waals surface area (Å²) in [6, 6.07) is 7.65. The highest BCUT2D eigenvalue weighted by Gasteiger charge is 2.72. The first kappa shape index (κ1) is 34.1. The van der Waals surface area contributed by atoms with E-state index in [0.29, 0.717) is 47.1 Å². The van der Waals surface area contributed by atoms with Crippen LogP contribution in [0.4, 0.5) is 4.79 Å². The van der Waals surface area contributed by atoms with Crippen molar-refractivity contribution in [2.45, 2.75) is 118 Å². The summed E-state index contributed by atoms with van der Waals surface area (Å²) < 4.78 is 0. The van der Waals surface area contributed by atoms with Gasteiger partial charge in [-0.2, -0.15) is 0 Å². The van der Waals surface area contributed by atoms with E-state index in [4.69, 9.17) is 0 Å². The molecule has 0 aliphatic heterocycles. The fraction of sp³-hybridized carbons (Fsp3) is 0.762. The van der Waals surface area contributed by atoms with E-state index in [1.807, 2.05) is 12.1 Å². The van der Waals surface area contributed by atoms with Crippen LogP contribution in [0.2, 0.25) is 0 Å². The number of benzene rings is 1. The predicted octanol–water partition coefficient (Wildman–Crippen LogP) is 8.87. The number of nitrogens with zero attached hydrogens (tertiary/aromatic N) is 1. The molecule has 0 saturated heterocycles. The number of carboxylic acids is 1. The fourth-order valence-electron chi connectivity index (χ4n) is 13.7. The van der Waals surface area contributed by atoms with Crippen molar-refractivity contribution in [3.05, 3.63) is 41.5 Å². The summed E-state index contributed by atoms with van der Waals surface area (Å²) in [5, 5.41) is 16.4. The lowest BCUT2D eigenvalue weighted by Gasteiger charge is -2.72. The van der Waals surface area contributed by atoms with E-state index in [2.05, 4.69) is 77.2 Å². The highest BCUT2D eigenvalue weighted by molar-refractivity contribution is 5.88. The maximum atomic E-state index is 13.5. The van der Waals surface area contributed by atoms with Gasteiger partial charge in [-0.15, -0.1) is 0 Å². The number of rotatable bonds is 7. The number of fused-ring (bicyclic) bond motifs is 7. The minimum atomic E-state index is -0.865. The molecule has 6 aliphatic carbocycles. The molecule has 6 aliphatic rings. The molecule has 5 fully saturated rings. The van der Waals surface area contributed by atoms with Gasteiger partial charge in [0.1, 0.15) is 0 Å². The maximum absolute atomic E-state index is 13.5. The molecule has 264 valence electrons. The number of carboxylic acid groups (broad SMARTS) is 1. The van der Waals surface area contributed by atoms with Crippen molar-refractivity contribution in [1.29, 1.82) is 0 Å². The van der Waals surface area contributed by atoms with Crippen LogP contribution in [0.1, 0.15) is 128 Å². The van der Waals surface area contributed by atoms with Crippen molar-refractivity contribution in [2.24, 2.45) is 56.7 Å². The minimum Gasteiger partial charge on any atom is -0.478 e. The van der Waals surface area contributed by atoms with Crippen molar-refractivity contribution in [3.8, 4) is 0 Å². The SMILES string of the molecule is CN(C)CCNC(=O)N[C@]12CC[C@@H](C3(C)CC3)[C@@H]1[C@H]1CC[C@@H]3[C@@]4(C)CC=C(c5ccc(C(=O)O)cc5)C(C)(C)[C@@H]4CC[C@@]3(C)[C@]1(C)CC2. The number of carbonyl (C=O) groups is 2. The number of carbonyl (C=O) groups excluding carboxylic acids is 1. The molecule has 0 unspecified atom stereocenters. The molecular formula is C42H63N3O3. The van der Waals surface area contributed by atoms with Gasteiger partial charge in [0.15, 0.2) is 0 Å². The average molecular weight is 658 g/mol. The summed E-state index contributed by atoms with van der Waals surface area (Å²) in [6.07, 6.45) is 16.2. The van der Waals surface area contributed by atoms with Gasteiger partial charge >= 0.3 is 12.0 Å². The van der Waals surface area contributed by atoms with Gasteiger partial charge in [0, 0.05) is 18.6 Å². The molecule has 48 heavy (non-hydrogen) atoms. The summed E-state index contributed by atoms with van der Waals surface area (Å²) in [7, 11) is 4.12. The Morgan fingerprint density at radius 1 is 0.812 bits per heavy atom. The van der Waals surface area contributed by atoms with Crippen LogP contribution in [0, 0.1) is 56.7 Å². The summed E-state index contributed by atoms with van der Waals surface area (Å²) in [4.78, 5) is 27.2. The summed E-state index contributed by atoms with van der Waals surface area (Å²) in [6.45, 7) is 17.1. The first-order chi connectivity index (χ1) is 22.5. The Balaban J connectivity index is 1.19. The van der Waals surface area contributed by atoms with Crippen molar-refractivity contribution < 1.29 is 14.7 Å². The Bertz CT molecular complexity index is 1480. The molecule has 6 heteroatoms. The number of hydrogen-bond acceptors (Lipinski definition) is 3. The molecule has 3 N–H and O–H groups in total. The number of urea groups is 1. The normalized spacial score (nSPS) is 42.0. The first-order valence-corrected chi connectivity index (χ1v) is 19.3. The molecule has 0 spiro atoms. The number of allylic oxidation sites excluding steroid dienone is 2. The second-order valence-corrected chi connectivity index (χ2v) is 19.3. The third kappa shape index (κ3) is 4.95. The largest absolute Gasteiger partial charge is 0.478 e. The monoisotopic (exact) mass is 657 g/mol. The van der Waals surface area contributed by atoms with Crippen molar-refractivity contribution >= 4 is 17.6 Å². The molecule has 6 nitrogen and oxygen atoms in total. The number of hydrogen-bond donors (Lipinski definition) is 3. The Hall–Kier alpha value is -2.34. The van der Waals surface area contributed by atoms with Gasteiger partial charge in [0.25, 0.3) is 0 Å². The molecule has 5 saturated carbocycles. The van der Waals surface area contributed by atoms with Gasteiger partial charge in [0.05, 0.1) is 5.56 Å². The lowest BCUT2D eigenvalue weighted by atomic mass is 9.32. The van der Waals surface area contributed by atoms with Crippen LogP contribution in [0.15, 0.2) is 30.3 Å². The van der Waals surface area contributed by atoms with Crippen LogP contribution in [-0.2, 0) is 0 Å². The van der Waals surface area contributed by atoms with E-state index in [-0.39, 0.29) is 33.2 Å². The Kier molecular flexibility index (Phi) is 8.06. The molecule has 1 aromatic carbocycles. The van der Waals surface area contributed by atoms with Crippen LogP contribution in [0.5, 0.6) is 0 Å². The van der Waals surface area contributed by atoms with Gasteiger partial charge < -0.3 is 20.6 Å². The van der Waals surface area contributed by atoms with Gasteiger partial charge in [-0.3, -0.25) is 0 Å². The summed E-state index contributed by atoms with van der Waals surface area (Å²) in [5.41, 5.74) is 4.07. The van der Waals surface area contributed by atoms with Crippen molar-refractivity contribution in [1.82, 2.24) is 15.5 Å². The zero-order chi connectivity index (χ0) is 34.5. The topological polar surface area (TPSA) is 81.7 Å². The third-order valence-corrected chi connectivity index (χ3v) is 16.6. The molecular weight excluding hydrogens is 594 g/mol. The average Bonchev–Trinajstić information content (AvgIpc) is 3.64. The summed E-state index contributed by atoms with van der Waals surface area (Å²) in [5.74, 6) is 2.31. The smallest absolute Gasteiger partial charge is 0.335 e. The lowest BCUT2D eigenvalue weighted by molar-refractivity contribution is -0.221. The van der Waals surface area contributed by atoms with Crippen molar-refractivity contribution in [2.75, 3.05) is 27.2 Å². The highest BCUT2D eigenvalue weighted by Crippen LogP contribution is 2.78. The first-order valence-electron chi connectivity index (χ1n) is 19.3. The third-order valence-electron chi connectivity index (χ3n) is 16.6. The van der Waals surface area contributed by atoms with Crippen LogP contribution in [0.25, 0.3) is 5.57 Å². The van der Waals surface area contributed by atoms with E-state index in [9.17, 15) is 14.7 Å². The van der Waals surface area contributed by atoms with E-state index in [0.717, 1.165) is 25.8 Å².